The number of fused-ring (bicyclic) bond motifs is 1. The Labute approximate surface area is 241 Å². The van der Waals surface area contributed by atoms with Gasteiger partial charge in [-0.2, -0.15) is 21.6 Å². The van der Waals surface area contributed by atoms with Crippen LogP contribution in [0.2, 0.25) is 5.02 Å². The summed E-state index contributed by atoms with van der Waals surface area (Å²) in [4.78, 5) is -0.579. The zero-order valence-electron chi connectivity index (χ0n) is 22.1. The molecule has 0 unspecified atom stereocenters. The van der Waals surface area contributed by atoms with Crippen molar-refractivity contribution in [3.8, 4) is 0 Å². The van der Waals surface area contributed by atoms with Gasteiger partial charge in [0.15, 0.2) is 0 Å². The van der Waals surface area contributed by atoms with Gasteiger partial charge in [-0.15, -0.1) is 0 Å². The first kappa shape index (κ1) is 31.0. The summed E-state index contributed by atoms with van der Waals surface area (Å²) in [6.45, 7) is 2.85. The highest BCUT2D eigenvalue weighted by atomic mass is 35.5. The van der Waals surface area contributed by atoms with Crippen molar-refractivity contribution in [1.82, 2.24) is 0 Å². The third kappa shape index (κ3) is 6.77. The summed E-state index contributed by atoms with van der Waals surface area (Å²) in [7, 11) is -8.43. The van der Waals surface area contributed by atoms with E-state index in [0.29, 0.717) is 22.8 Å². The van der Waals surface area contributed by atoms with Crippen LogP contribution in [0, 0.1) is 11.7 Å². The maximum atomic E-state index is 14.5. The van der Waals surface area contributed by atoms with Gasteiger partial charge in [0.2, 0.25) is 0 Å². The minimum Gasteiger partial charge on any atom is -0.270 e. The Morgan fingerprint density at radius 1 is 1.07 bits per heavy atom. The van der Waals surface area contributed by atoms with Crippen molar-refractivity contribution in [2.45, 2.75) is 37.4 Å². The Morgan fingerprint density at radius 3 is 2.39 bits per heavy atom. The van der Waals surface area contributed by atoms with E-state index in [1.807, 2.05) is 0 Å². The molecule has 41 heavy (non-hydrogen) atoms. The quantitative estimate of drug-likeness (QED) is 0.163. The van der Waals surface area contributed by atoms with Gasteiger partial charge in [0.25, 0.3) is 20.1 Å². The highest BCUT2D eigenvalue weighted by Crippen LogP contribution is 2.40. The number of benzene rings is 3. The molecule has 0 saturated heterocycles. The molecule has 0 radical (unpaired) electrons. The second-order valence-corrected chi connectivity index (χ2v) is 13.7. The molecule has 0 N–H and O–H groups in total. The summed E-state index contributed by atoms with van der Waals surface area (Å²) in [5.41, 5.74) is 0.707. The van der Waals surface area contributed by atoms with Crippen LogP contribution >= 0.6 is 11.6 Å². The van der Waals surface area contributed by atoms with Crippen LogP contribution in [-0.2, 0) is 36.9 Å². The molecular formula is C28H26ClF4NO5S2. The smallest absolute Gasteiger partial charge is 0.270 e. The van der Waals surface area contributed by atoms with Gasteiger partial charge in [0, 0.05) is 17.5 Å². The van der Waals surface area contributed by atoms with E-state index < -0.39 is 54.6 Å². The Kier molecular flexibility index (Phi) is 8.62. The van der Waals surface area contributed by atoms with Crippen molar-refractivity contribution in [3.63, 3.8) is 0 Å². The first-order valence-corrected chi connectivity index (χ1v) is 15.9. The Bertz CT molecular complexity index is 1700. The van der Waals surface area contributed by atoms with Crippen LogP contribution in [0.25, 0.3) is 11.6 Å². The van der Waals surface area contributed by atoms with Crippen molar-refractivity contribution in [3.05, 3.63) is 93.8 Å². The van der Waals surface area contributed by atoms with Gasteiger partial charge >= 0.3 is 6.18 Å². The van der Waals surface area contributed by atoms with E-state index in [1.165, 1.54) is 25.1 Å². The first-order valence-electron chi connectivity index (χ1n) is 12.3. The van der Waals surface area contributed by atoms with E-state index in [9.17, 15) is 34.4 Å². The summed E-state index contributed by atoms with van der Waals surface area (Å²) in [5.74, 6) is -1.18. The average Bonchev–Trinajstić information content (AvgIpc) is 2.86. The van der Waals surface area contributed by atoms with Crippen LogP contribution in [0.5, 0.6) is 0 Å². The molecule has 0 bridgehead atoms. The summed E-state index contributed by atoms with van der Waals surface area (Å²) >= 11 is 6.20. The van der Waals surface area contributed by atoms with E-state index in [-0.39, 0.29) is 29.3 Å². The molecule has 3 aromatic carbocycles. The van der Waals surface area contributed by atoms with Gasteiger partial charge in [-0.25, -0.2) is 12.8 Å². The van der Waals surface area contributed by atoms with Crippen molar-refractivity contribution in [2.75, 3.05) is 17.2 Å². The van der Waals surface area contributed by atoms with Crippen molar-refractivity contribution in [2.24, 2.45) is 5.92 Å². The lowest BCUT2D eigenvalue weighted by molar-refractivity contribution is -0.137. The average molecular weight is 632 g/mol. The summed E-state index contributed by atoms with van der Waals surface area (Å²) in [6.07, 6.45) is -2.05. The molecule has 0 amide bonds. The third-order valence-electron chi connectivity index (χ3n) is 6.84. The predicted molar refractivity (Wildman–Crippen MR) is 150 cm³/mol. The van der Waals surface area contributed by atoms with Crippen LogP contribution in [0.15, 0.2) is 65.6 Å². The molecule has 13 heteroatoms. The largest absolute Gasteiger partial charge is 0.416 e. The molecule has 0 fully saturated rings. The second-order valence-electron chi connectivity index (χ2n) is 9.83. The van der Waals surface area contributed by atoms with Gasteiger partial charge in [-0.3, -0.25) is 8.49 Å². The minimum absolute atomic E-state index is 0.173. The lowest BCUT2D eigenvalue weighted by atomic mass is 9.88. The zero-order valence-corrected chi connectivity index (χ0v) is 24.5. The van der Waals surface area contributed by atoms with Crippen LogP contribution in [0.3, 0.4) is 0 Å². The molecule has 0 spiro atoms. The molecule has 0 aromatic heterocycles. The van der Waals surface area contributed by atoms with Crippen LogP contribution in [0.4, 0.5) is 23.2 Å². The lowest BCUT2D eigenvalue weighted by Crippen LogP contribution is -2.48. The van der Waals surface area contributed by atoms with Crippen LogP contribution < -0.4 is 4.31 Å². The highest BCUT2D eigenvalue weighted by molar-refractivity contribution is 7.92. The topological polar surface area (TPSA) is 80.8 Å². The fourth-order valence-electron chi connectivity index (χ4n) is 4.81. The monoisotopic (exact) mass is 631 g/mol. The lowest BCUT2D eigenvalue weighted by Gasteiger charge is -2.41. The number of hydrogen-bond acceptors (Lipinski definition) is 5. The first-order chi connectivity index (χ1) is 19.0. The van der Waals surface area contributed by atoms with E-state index in [4.69, 9.17) is 15.8 Å². The van der Waals surface area contributed by atoms with Crippen molar-refractivity contribution in [1.29, 1.82) is 0 Å². The van der Waals surface area contributed by atoms with E-state index in [0.717, 1.165) is 28.8 Å². The normalized spacial score (nSPS) is 18.3. The maximum absolute atomic E-state index is 14.5. The fourth-order valence-corrected chi connectivity index (χ4v) is 7.34. The summed E-state index contributed by atoms with van der Waals surface area (Å²) < 4.78 is 112. The predicted octanol–water partition coefficient (Wildman–Crippen LogP) is 6.79. The molecule has 2 atom stereocenters. The molecule has 1 heterocycles. The van der Waals surface area contributed by atoms with Crippen LogP contribution in [-0.4, -0.2) is 35.7 Å². The summed E-state index contributed by atoms with van der Waals surface area (Å²) in [6, 6.07) is 11.6. The molecule has 4 rings (SSSR count). The SMILES string of the molecule is C/C(=C\c1ccc2c(c1)N(S(=O)(=O)c1cccc(C(F)(F)F)c1)[C@H](C)[C@H](COS(C)(=O)=O)C2)c1c(F)cccc1Cl. The Morgan fingerprint density at radius 2 is 1.76 bits per heavy atom. The van der Waals surface area contributed by atoms with Gasteiger partial charge in [0.1, 0.15) is 5.82 Å². The number of allylic oxidation sites excluding steroid dienone is 1. The fraction of sp³-hybridized carbons (Fsp3) is 0.286. The molecule has 0 aliphatic carbocycles. The molecule has 220 valence electrons. The highest BCUT2D eigenvalue weighted by Gasteiger charge is 2.40. The van der Waals surface area contributed by atoms with Crippen molar-refractivity contribution >= 4 is 49.1 Å². The van der Waals surface area contributed by atoms with Gasteiger partial charge in [-0.05, 0) is 73.4 Å². The van der Waals surface area contributed by atoms with E-state index in [2.05, 4.69) is 0 Å². The number of hydrogen-bond donors (Lipinski definition) is 0. The third-order valence-corrected chi connectivity index (χ3v) is 9.61. The number of halogens is 5. The number of rotatable bonds is 7. The van der Waals surface area contributed by atoms with Crippen molar-refractivity contribution < 1.29 is 38.6 Å². The molecule has 1 aliphatic rings. The molecule has 1 aliphatic heterocycles. The van der Waals surface area contributed by atoms with Gasteiger partial charge in [-0.1, -0.05) is 41.9 Å². The standard InChI is InChI=1S/C28H26ClF4NO5S2/c1-17(27-24(29)8-5-9-25(27)30)12-19-10-11-20-14-21(16-39-40(3,35)36)18(2)34(26(20)13-19)41(37,38)23-7-4-6-22(15-23)28(31,32)33/h4-13,15,18,21H,14,16H2,1-3H3/b17-12+/t18-,21+/m1/s1. The second kappa shape index (κ2) is 11.4. The number of sulfonamides is 1. The molecular weight excluding hydrogens is 606 g/mol. The van der Waals surface area contributed by atoms with E-state index in [1.54, 1.807) is 31.2 Å². The maximum Gasteiger partial charge on any atom is 0.416 e. The summed E-state index contributed by atoms with van der Waals surface area (Å²) in [5, 5.41) is 0.188. The van der Waals surface area contributed by atoms with Gasteiger partial charge in [0.05, 0.1) is 34.0 Å². The minimum atomic E-state index is -4.77. The zero-order chi connectivity index (χ0) is 30.3. The number of nitrogens with zero attached hydrogens (tertiary/aromatic N) is 1. The van der Waals surface area contributed by atoms with E-state index >= 15 is 0 Å². The Hall–Kier alpha value is -2.93. The van der Waals surface area contributed by atoms with Crippen LogP contribution in [0.1, 0.15) is 36.1 Å². The Balaban J connectivity index is 1.85. The number of alkyl halides is 3. The molecule has 3 aromatic rings. The molecule has 0 saturated carbocycles. The number of anilines is 1. The molecule has 6 nitrogen and oxygen atoms in total. The van der Waals surface area contributed by atoms with Gasteiger partial charge < -0.3 is 0 Å².